The van der Waals surface area contributed by atoms with Crippen LogP contribution in [0.4, 0.5) is 4.79 Å². The quantitative estimate of drug-likeness (QED) is 0.743. The maximum atomic E-state index is 11.8. The van der Waals surface area contributed by atoms with Gasteiger partial charge in [-0.2, -0.15) is 0 Å². The van der Waals surface area contributed by atoms with Crippen LogP contribution in [0.5, 0.6) is 0 Å². The van der Waals surface area contributed by atoms with Crippen LogP contribution >= 0.6 is 23.1 Å². The van der Waals surface area contributed by atoms with E-state index in [2.05, 4.69) is 20.8 Å². The molecule has 1 aliphatic rings. The number of hydrogen-bond donors (Lipinski definition) is 2. The second-order valence-corrected chi connectivity index (χ2v) is 7.15. The van der Waals surface area contributed by atoms with E-state index in [0.29, 0.717) is 12.6 Å². The topological polar surface area (TPSA) is 88.9 Å². The predicted molar refractivity (Wildman–Crippen MR) is 88.6 cm³/mol. The van der Waals surface area contributed by atoms with E-state index in [1.54, 1.807) is 17.7 Å². The van der Waals surface area contributed by atoms with Crippen LogP contribution in [0.2, 0.25) is 0 Å². The van der Waals surface area contributed by atoms with E-state index >= 15 is 0 Å². The number of imide groups is 1. The third-order valence-corrected chi connectivity index (χ3v) is 5.20. The van der Waals surface area contributed by atoms with Gasteiger partial charge in [0.2, 0.25) is 5.91 Å². The van der Waals surface area contributed by atoms with Crippen molar-refractivity contribution in [3.63, 3.8) is 0 Å². The molecule has 2 aromatic rings. The van der Waals surface area contributed by atoms with Crippen LogP contribution in [0, 0.1) is 0 Å². The van der Waals surface area contributed by atoms with Crippen molar-refractivity contribution < 1.29 is 9.59 Å². The molecule has 0 radical (unpaired) electrons. The van der Waals surface area contributed by atoms with Crippen LogP contribution in [0.25, 0.3) is 0 Å². The summed E-state index contributed by atoms with van der Waals surface area (Å²) in [4.78, 5) is 24.6. The van der Waals surface area contributed by atoms with E-state index in [9.17, 15) is 9.59 Å². The monoisotopic (exact) mass is 351 g/mol. The van der Waals surface area contributed by atoms with Crippen LogP contribution in [0.15, 0.2) is 29.0 Å². The molecule has 3 rings (SSSR count). The number of nitrogens with one attached hydrogen (secondary N) is 2. The zero-order valence-corrected chi connectivity index (χ0v) is 14.0. The third kappa shape index (κ3) is 4.80. The number of urea groups is 1. The van der Waals surface area contributed by atoms with Crippen molar-refractivity contribution in [2.24, 2.45) is 0 Å². The third-order valence-electron chi connectivity index (χ3n) is 3.30. The van der Waals surface area contributed by atoms with Gasteiger partial charge in [0, 0.05) is 17.5 Å². The van der Waals surface area contributed by atoms with Gasteiger partial charge in [-0.15, -0.1) is 21.5 Å². The zero-order valence-electron chi connectivity index (χ0n) is 12.4. The molecular weight excluding hydrogens is 334 g/mol. The van der Waals surface area contributed by atoms with Gasteiger partial charge in [0.1, 0.15) is 6.33 Å². The lowest BCUT2D eigenvalue weighted by molar-refractivity contribution is -0.117. The summed E-state index contributed by atoms with van der Waals surface area (Å²) in [7, 11) is 0. The number of nitrogens with zero attached hydrogens (tertiary/aromatic N) is 3. The summed E-state index contributed by atoms with van der Waals surface area (Å²) in [5, 5.41) is 15.6. The molecule has 1 saturated carbocycles. The Labute approximate surface area is 141 Å². The fraction of sp³-hybridized carbons (Fsp3) is 0.429. The number of carbonyl (C=O) groups is 2. The first kappa shape index (κ1) is 16.0. The van der Waals surface area contributed by atoms with Crippen LogP contribution in [-0.2, 0) is 11.2 Å². The van der Waals surface area contributed by atoms with E-state index in [4.69, 9.17) is 0 Å². The Morgan fingerprint density at radius 2 is 2.30 bits per heavy atom. The summed E-state index contributed by atoms with van der Waals surface area (Å²) in [6.07, 6.45) is 4.71. The normalized spacial score (nSPS) is 13.7. The van der Waals surface area contributed by atoms with E-state index in [1.165, 1.54) is 16.6 Å². The second kappa shape index (κ2) is 7.60. The van der Waals surface area contributed by atoms with Crippen molar-refractivity contribution >= 4 is 35.0 Å². The molecular formula is C14H17N5O2S2. The molecule has 9 heteroatoms. The highest BCUT2D eigenvalue weighted by molar-refractivity contribution is 7.99. The van der Waals surface area contributed by atoms with E-state index in [-0.39, 0.29) is 11.7 Å². The highest BCUT2D eigenvalue weighted by Crippen LogP contribution is 2.37. The summed E-state index contributed by atoms with van der Waals surface area (Å²) >= 11 is 2.94. The number of thiophene rings is 1. The predicted octanol–water partition coefficient (Wildman–Crippen LogP) is 1.84. The van der Waals surface area contributed by atoms with E-state index < -0.39 is 6.03 Å². The lowest BCUT2D eigenvalue weighted by atomic mass is 10.3. The first-order chi connectivity index (χ1) is 11.2. The van der Waals surface area contributed by atoms with Crippen molar-refractivity contribution in [2.45, 2.75) is 30.5 Å². The summed E-state index contributed by atoms with van der Waals surface area (Å²) in [5.74, 6) is -0.196. The molecule has 122 valence electrons. The van der Waals surface area contributed by atoms with Gasteiger partial charge in [-0.25, -0.2) is 4.79 Å². The van der Waals surface area contributed by atoms with Crippen molar-refractivity contribution in [2.75, 3.05) is 12.3 Å². The van der Waals surface area contributed by atoms with Gasteiger partial charge in [-0.3, -0.25) is 10.1 Å². The van der Waals surface area contributed by atoms with Gasteiger partial charge in [-0.1, -0.05) is 17.8 Å². The number of hydrogen-bond acceptors (Lipinski definition) is 6. The molecule has 2 N–H and O–H groups in total. The minimum absolute atomic E-state index is 0.143. The molecule has 23 heavy (non-hydrogen) atoms. The molecule has 1 fully saturated rings. The molecule has 0 aliphatic heterocycles. The first-order valence-corrected chi connectivity index (χ1v) is 9.21. The van der Waals surface area contributed by atoms with Gasteiger partial charge in [0.25, 0.3) is 0 Å². The SMILES string of the molecule is O=C(CSc1nncn1C1CC1)NC(=O)NCCc1cccs1. The average Bonchev–Trinajstić information content (AvgIpc) is 3.05. The smallest absolute Gasteiger partial charge is 0.321 e. The number of aromatic nitrogens is 3. The highest BCUT2D eigenvalue weighted by Gasteiger charge is 2.26. The molecule has 0 unspecified atom stereocenters. The van der Waals surface area contributed by atoms with Gasteiger partial charge < -0.3 is 9.88 Å². The fourth-order valence-electron chi connectivity index (χ4n) is 2.03. The largest absolute Gasteiger partial charge is 0.337 e. The molecule has 0 saturated heterocycles. The Kier molecular flexibility index (Phi) is 5.29. The average molecular weight is 351 g/mol. The van der Waals surface area contributed by atoms with Gasteiger partial charge >= 0.3 is 6.03 Å². The zero-order chi connectivity index (χ0) is 16.1. The van der Waals surface area contributed by atoms with Crippen LogP contribution in [-0.4, -0.2) is 39.0 Å². The Bertz CT molecular complexity index is 667. The van der Waals surface area contributed by atoms with Gasteiger partial charge in [-0.05, 0) is 30.7 Å². The number of rotatable bonds is 7. The van der Waals surface area contributed by atoms with Gasteiger partial charge in [0.05, 0.1) is 5.75 Å². The minimum Gasteiger partial charge on any atom is -0.337 e. The number of amides is 3. The molecule has 2 aromatic heterocycles. The summed E-state index contributed by atoms with van der Waals surface area (Å²) in [6.45, 7) is 0.503. The lowest BCUT2D eigenvalue weighted by Gasteiger charge is -2.06. The maximum absolute atomic E-state index is 11.8. The fourth-order valence-corrected chi connectivity index (χ4v) is 3.52. The second-order valence-electron chi connectivity index (χ2n) is 5.17. The molecule has 1 aliphatic carbocycles. The standard InChI is InChI=1S/C14H17N5O2S2/c20-12(8-23-14-18-16-9-19(14)10-3-4-10)17-13(21)15-6-5-11-2-1-7-22-11/h1-2,7,9-10H,3-6,8H2,(H2,15,17,20,21). The minimum atomic E-state index is -0.462. The summed E-state index contributed by atoms with van der Waals surface area (Å²) in [6, 6.07) is 4.00. The van der Waals surface area contributed by atoms with Crippen LogP contribution in [0.3, 0.4) is 0 Å². The molecule has 0 aromatic carbocycles. The molecule has 0 atom stereocenters. The molecule has 0 bridgehead atoms. The van der Waals surface area contributed by atoms with Crippen molar-refractivity contribution in [1.29, 1.82) is 0 Å². The van der Waals surface area contributed by atoms with Crippen molar-refractivity contribution in [3.8, 4) is 0 Å². The Balaban J connectivity index is 1.35. The van der Waals surface area contributed by atoms with Crippen LogP contribution < -0.4 is 10.6 Å². The molecule has 2 heterocycles. The molecule has 7 nitrogen and oxygen atoms in total. The van der Waals surface area contributed by atoms with Crippen molar-refractivity contribution in [1.82, 2.24) is 25.4 Å². The van der Waals surface area contributed by atoms with Crippen molar-refractivity contribution in [3.05, 3.63) is 28.7 Å². The summed E-state index contributed by atoms with van der Waals surface area (Å²) in [5.41, 5.74) is 0. The van der Waals surface area contributed by atoms with E-state index in [1.807, 2.05) is 22.1 Å². The number of thioether (sulfide) groups is 1. The van der Waals surface area contributed by atoms with Crippen LogP contribution in [0.1, 0.15) is 23.8 Å². The Morgan fingerprint density at radius 3 is 3.04 bits per heavy atom. The summed E-state index contributed by atoms with van der Waals surface area (Å²) < 4.78 is 1.99. The Hall–Kier alpha value is -1.87. The van der Waals surface area contributed by atoms with E-state index in [0.717, 1.165) is 24.4 Å². The first-order valence-electron chi connectivity index (χ1n) is 7.35. The Morgan fingerprint density at radius 1 is 1.43 bits per heavy atom. The molecule has 0 spiro atoms. The van der Waals surface area contributed by atoms with Gasteiger partial charge in [0.15, 0.2) is 5.16 Å². The molecule has 3 amide bonds. The highest BCUT2D eigenvalue weighted by atomic mass is 32.2. The lowest BCUT2D eigenvalue weighted by Crippen LogP contribution is -2.41. The number of carbonyl (C=O) groups excluding carboxylic acids is 2. The maximum Gasteiger partial charge on any atom is 0.321 e.